The van der Waals surface area contributed by atoms with Gasteiger partial charge in [-0.1, -0.05) is 192 Å². The monoisotopic (exact) mass is 1390 g/mol. The van der Waals surface area contributed by atoms with E-state index in [1.807, 2.05) is 45.3 Å². The van der Waals surface area contributed by atoms with Crippen LogP contribution in [0.25, 0.3) is 52.9 Å². The summed E-state index contributed by atoms with van der Waals surface area (Å²) in [4.78, 5) is 24.9. The number of allylic oxidation sites excluding steroid dienone is 4. The second-order valence-electron chi connectivity index (χ2n) is 32.4. The fourth-order valence-electron chi connectivity index (χ4n) is 11.7. The fourth-order valence-corrected chi connectivity index (χ4v) is 20.0. The molecule has 5 nitrogen and oxygen atoms in total. The molecule has 8 aromatic rings. The Morgan fingerprint density at radius 3 is 0.798 bits per heavy atom. The van der Waals surface area contributed by atoms with Gasteiger partial charge in [-0.25, -0.2) is 0 Å². The van der Waals surface area contributed by atoms with Crippen LogP contribution in [0.4, 0.5) is 0 Å². The molecular formula is C81H100O5S4Si4. The molecule has 0 amide bonds. The van der Waals surface area contributed by atoms with Crippen LogP contribution in [0.15, 0.2) is 192 Å². The Kier molecular flexibility index (Phi) is 20.0. The molecule has 3 aliphatic carbocycles. The van der Waals surface area contributed by atoms with Crippen molar-refractivity contribution in [1.82, 2.24) is 0 Å². The summed E-state index contributed by atoms with van der Waals surface area (Å²) in [7, 11) is -8.67. The molecule has 4 heterocycles. The molecule has 494 valence electrons. The summed E-state index contributed by atoms with van der Waals surface area (Å²) in [6, 6.07) is 53.0. The summed E-state index contributed by atoms with van der Waals surface area (Å²) in [5.41, 5.74) is 13.4. The highest BCUT2D eigenvalue weighted by Crippen LogP contribution is 2.52. The smallest absolute Gasteiger partial charge is 0.194 e. The fraction of sp³-hybridized carbons (Fsp3) is 0.395. The molecule has 0 saturated carbocycles. The minimum Gasteiger partial charge on any atom is -0.413 e. The molecule has 0 spiro atoms. The van der Waals surface area contributed by atoms with Gasteiger partial charge in [0.1, 0.15) is 0 Å². The predicted molar refractivity (Wildman–Crippen MR) is 417 cm³/mol. The number of benzene rings is 4. The quantitative estimate of drug-likeness (QED) is 0.0562. The van der Waals surface area contributed by atoms with Gasteiger partial charge < -0.3 is 17.7 Å². The maximum Gasteiger partial charge on any atom is 0.194 e. The third kappa shape index (κ3) is 14.5. The van der Waals surface area contributed by atoms with Gasteiger partial charge in [-0.15, -0.1) is 45.3 Å². The molecule has 4 aromatic carbocycles. The van der Waals surface area contributed by atoms with E-state index in [9.17, 15) is 4.79 Å². The number of thiophene rings is 4. The Hall–Kier alpha value is -4.98. The van der Waals surface area contributed by atoms with Gasteiger partial charge in [0.05, 0.1) is 26.4 Å². The van der Waals surface area contributed by atoms with Crippen LogP contribution in [0.3, 0.4) is 0 Å². The van der Waals surface area contributed by atoms with Crippen LogP contribution in [-0.4, -0.2) is 65.5 Å². The zero-order valence-corrected chi connectivity index (χ0v) is 66.7. The van der Waals surface area contributed by atoms with Gasteiger partial charge in [-0.05, 0) is 189 Å². The number of fused-ring (bicyclic) bond motifs is 3. The number of ketones is 1. The summed E-state index contributed by atoms with van der Waals surface area (Å²) in [6.07, 6.45) is 9.77. The Labute approximate surface area is 583 Å². The lowest BCUT2D eigenvalue weighted by Gasteiger charge is -2.40. The summed E-state index contributed by atoms with van der Waals surface area (Å²) in [5.74, 6) is 0.229. The largest absolute Gasteiger partial charge is 0.413 e. The third-order valence-corrected chi connectivity index (χ3v) is 44.9. The Balaban J connectivity index is 0.901. The van der Waals surface area contributed by atoms with Crippen molar-refractivity contribution in [3.05, 3.63) is 223 Å². The summed E-state index contributed by atoms with van der Waals surface area (Å²) >= 11 is 7.42. The first-order chi connectivity index (χ1) is 44.0. The molecule has 94 heavy (non-hydrogen) atoms. The van der Waals surface area contributed by atoms with E-state index in [0.717, 1.165) is 43.1 Å². The maximum atomic E-state index is 15.0. The lowest BCUT2D eigenvalue weighted by atomic mass is 9.81. The number of rotatable bonds is 20. The molecule has 0 unspecified atom stereocenters. The topological polar surface area (TPSA) is 54.0 Å². The van der Waals surface area contributed by atoms with E-state index < -0.39 is 33.3 Å². The van der Waals surface area contributed by atoms with Crippen molar-refractivity contribution in [2.75, 3.05) is 26.4 Å². The lowest BCUT2D eigenvalue weighted by Crippen LogP contribution is -2.42. The minimum atomic E-state index is -2.18. The van der Waals surface area contributed by atoms with Crippen molar-refractivity contribution >= 4 is 84.4 Å². The zero-order valence-electron chi connectivity index (χ0n) is 59.5. The van der Waals surface area contributed by atoms with Crippen LogP contribution in [0, 0.1) is 0 Å². The summed E-state index contributed by atoms with van der Waals surface area (Å²) < 4.78 is 29.1. The van der Waals surface area contributed by atoms with Gasteiger partial charge >= 0.3 is 0 Å². The van der Waals surface area contributed by atoms with Gasteiger partial charge in [-0.3, -0.25) is 4.79 Å². The van der Waals surface area contributed by atoms with Gasteiger partial charge in [0.25, 0.3) is 0 Å². The summed E-state index contributed by atoms with van der Waals surface area (Å²) in [6.45, 7) is 49.1. The second-order valence-corrected chi connectivity index (χ2v) is 56.1. The molecule has 0 aliphatic heterocycles. The Morgan fingerprint density at radius 2 is 0.553 bits per heavy atom. The molecule has 13 heteroatoms. The minimum absolute atomic E-state index is 0.00968. The van der Waals surface area contributed by atoms with E-state index in [1.165, 1.54) is 62.7 Å². The van der Waals surface area contributed by atoms with Crippen molar-refractivity contribution in [2.45, 2.75) is 179 Å². The number of carbonyl (C=O) groups excluding carboxylic acids is 1. The van der Waals surface area contributed by atoms with E-state index >= 15 is 0 Å². The average Bonchev–Trinajstić information content (AvgIpc) is 1.54. The van der Waals surface area contributed by atoms with Crippen molar-refractivity contribution in [3.8, 4) is 52.9 Å². The molecule has 3 aliphatic rings. The maximum absolute atomic E-state index is 15.0. The van der Waals surface area contributed by atoms with E-state index in [4.69, 9.17) is 17.7 Å². The molecule has 0 N–H and O–H groups in total. The third-order valence-electron chi connectivity index (χ3n) is 22.1. The molecule has 11 rings (SSSR count). The highest BCUT2D eigenvalue weighted by atomic mass is 32.1. The summed E-state index contributed by atoms with van der Waals surface area (Å²) in [5, 5.41) is 0.203. The van der Waals surface area contributed by atoms with Crippen LogP contribution >= 0.6 is 45.3 Å². The normalized spacial score (nSPS) is 18.4. The highest BCUT2D eigenvalue weighted by molar-refractivity contribution is 7.16. The SMILES string of the molecule is CC(C)(C)[Si](C)(C)OCC1=C(CO[Si](C)(C)C(C)(C)C)[C@@H](c2ccc(-c3ccc4c(c3)C(=O)c3cc(-c5ccc([C@H]6C=C[C@@H](c7ccc(-c8ccccc8)s7)C(CO[Si](C)(C)C(C)(C)C)=C6CO[Si](C)(C)C(C)(C)C)s5)ccc3-4)s2)C=C[C@H]1c1ccc(-c2ccccc2)s1. The standard InChI is InChI=1S/C81H100O5S4Si4/c1-78(2,3)91(13,14)83-49-65-59(73-43-39-69(87-73)53-27-23-21-24-28-53)35-37-61(67(65)51-85-93(17,18)80(7,8)9)75-45-41-71(89-75)55-31-33-57-58-34-32-56(48-64(58)77(82)63(57)47-55)72-42-46-76(90-72)62-38-36-60(74-44-40-70(88-74)54-29-25-22-26-30-54)66(50-84-92(15,16)79(4,5)6)68(62)52-86-94(19,20)81(10,11)12/h21-48,59-62H,49-52H2,1-20H3/t59-,60-,61+,62+/m1/s1. The molecule has 0 bridgehead atoms. The molecule has 4 aromatic heterocycles. The van der Waals surface area contributed by atoms with Crippen LogP contribution < -0.4 is 0 Å². The van der Waals surface area contributed by atoms with Gasteiger partial charge in [0.2, 0.25) is 0 Å². The molecule has 4 atom stereocenters. The highest BCUT2D eigenvalue weighted by Gasteiger charge is 2.44. The van der Waals surface area contributed by atoms with Gasteiger partial charge in [-0.2, -0.15) is 0 Å². The molecular weight excluding hydrogens is 1290 g/mol. The van der Waals surface area contributed by atoms with Crippen LogP contribution in [0.2, 0.25) is 72.5 Å². The average molecular weight is 1390 g/mol. The van der Waals surface area contributed by atoms with Crippen LogP contribution in [0.5, 0.6) is 0 Å². The van der Waals surface area contributed by atoms with Crippen LogP contribution in [-0.2, 0) is 17.7 Å². The van der Waals surface area contributed by atoms with E-state index in [-0.39, 0.29) is 49.6 Å². The van der Waals surface area contributed by atoms with Gasteiger partial charge in [0, 0.05) is 73.8 Å². The molecule has 0 radical (unpaired) electrons. The van der Waals surface area contributed by atoms with Crippen molar-refractivity contribution in [2.24, 2.45) is 0 Å². The Bertz CT molecular complexity index is 3930. The van der Waals surface area contributed by atoms with Gasteiger partial charge in [0.15, 0.2) is 39.1 Å². The number of hydrogen-bond acceptors (Lipinski definition) is 9. The predicted octanol–water partition coefficient (Wildman–Crippen LogP) is 25.4. The van der Waals surface area contributed by atoms with Crippen molar-refractivity contribution < 1.29 is 22.5 Å². The molecule has 0 fully saturated rings. The first kappa shape index (κ1) is 70.3. The van der Waals surface area contributed by atoms with E-state index in [0.29, 0.717) is 26.4 Å². The first-order valence-electron chi connectivity index (χ1n) is 33.7. The molecule has 0 saturated heterocycles. The van der Waals surface area contributed by atoms with Crippen molar-refractivity contribution in [1.29, 1.82) is 0 Å². The van der Waals surface area contributed by atoms with Crippen molar-refractivity contribution in [3.63, 3.8) is 0 Å². The number of hydrogen-bond donors (Lipinski definition) is 0. The Morgan fingerprint density at radius 1 is 0.309 bits per heavy atom. The van der Waals surface area contributed by atoms with Crippen LogP contribution in [0.1, 0.15) is 142 Å². The lowest BCUT2D eigenvalue weighted by molar-refractivity contribution is 0.104. The first-order valence-corrected chi connectivity index (χ1v) is 48.6. The second kappa shape index (κ2) is 26.7. The van der Waals surface area contributed by atoms with E-state index in [1.54, 1.807) is 0 Å². The number of carbonyl (C=O) groups is 1. The zero-order chi connectivity index (χ0) is 67.7. The van der Waals surface area contributed by atoms with E-state index in [2.05, 4.69) is 305 Å².